The number of carbonyl (C=O) groups is 1. The first-order valence-corrected chi connectivity index (χ1v) is 10.6. The lowest BCUT2D eigenvalue weighted by molar-refractivity contribution is -0.149. The largest absolute Gasteiger partial charge is 0.378 e. The first kappa shape index (κ1) is 20.4. The van der Waals surface area contributed by atoms with Gasteiger partial charge in [0.1, 0.15) is 5.60 Å². The molecule has 3 nitrogen and oxygen atoms in total. The van der Waals surface area contributed by atoms with Gasteiger partial charge in [-0.3, -0.25) is 4.79 Å². The summed E-state index contributed by atoms with van der Waals surface area (Å²) in [6, 6.07) is 27.1. The highest BCUT2D eigenvalue weighted by Gasteiger charge is 2.49. The molecular formula is C27H29NO2. The van der Waals surface area contributed by atoms with E-state index in [1.807, 2.05) is 98.5 Å². The molecule has 0 spiro atoms. The molecule has 0 saturated carbocycles. The van der Waals surface area contributed by atoms with E-state index in [9.17, 15) is 9.90 Å². The van der Waals surface area contributed by atoms with Crippen LogP contribution in [0.4, 0.5) is 0 Å². The summed E-state index contributed by atoms with van der Waals surface area (Å²) in [6.45, 7) is 6.41. The smallest absolute Gasteiger partial charge is 0.228 e. The molecule has 3 heteroatoms. The summed E-state index contributed by atoms with van der Waals surface area (Å²) in [7, 11) is 0. The van der Waals surface area contributed by atoms with Crippen LogP contribution in [0.1, 0.15) is 49.1 Å². The lowest BCUT2D eigenvalue weighted by Gasteiger charge is -2.48. The molecule has 3 aromatic rings. The Morgan fingerprint density at radius 1 is 0.833 bits per heavy atom. The van der Waals surface area contributed by atoms with Gasteiger partial charge >= 0.3 is 0 Å². The normalized spacial score (nSPS) is 16.8. The molecule has 0 aromatic heterocycles. The quantitative estimate of drug-likeness (QED) is 0.666. The highest BCUT2D eigenvalue weighted by molar-refractivity contribution is 5.82. The fourth-order valence-corrected chi connectivity index (χ4v) is 4.53. The summed E-state index contributed by atoms with van der Waals surface area (Å²) >= 11 is 0. The molecule has 0 aliphatic carbocycles. The van der Waals surface area contributed by atoms with Gasteiger partial charge in [0.05, 0.1) is 6.04 Å². The zero-order chi connectivity index (χ0) is 21.4. The fraction of sp³-hybridized carbons (Fsp3) is 0.296. The molecule has 1 amide bonds. The molecule has 4 rings (SSSR count). The van der Waals surface area contributed by atoms with E-state index in [-0.39, 0.29) is 5.91 Å². The van der Waals surface area contributed by atoms with Crippen LogP contribution in [-0.4, -0.2) is 22.5 Å². The first-order chi connectivity index (χ1) is 14.3. The molecule has 0 fully saturated rings. The van der Waals surface area contributed by atoms with Gasteiger partial charge in [-0.1, -0.05) is 106 Å². The molecule has 1 aliphatic rings. The van der Waals surface area contributed by atoms with Crippen LogP contribution in [0.5, 0.6) is 0 Å². The summed E-state index contributed by atoms with van der Waals surface area (Å²) < 4.78 is 0. The van der Waals surface area contributed by atoms with E-state index >= 15 is 0 Å². The molecule has 30 heavy (non-hydrogen) atoms. The predicted octanol–water partition coefficient (Wildman–Crippen LogP) is 5.09. The third kappa shape index (κ3) is 3.44. The summed E-state index contributed by atoms with van der Waals surface area (Å²) in [4.78, 5) is 15.5. The van der Waals surface area contributed by atoms with E-state index in [0.717, 1.165) is 23.1 Å². The van der Waals surface area contributed by atoms with Crippen molar-refractivity contribution in [3.05, 3.63) is 107 Å². The molecule has 1 unspecified atom stereocenters. The van der Waals surface area contributed by atoms with Crippen molar-refractivity contribution in [2.45, 2.75) is 38.8 Å². The van der Waals surface area contributed by atoms with Gasteiger partial charge in [-0.05, 0) is 28.7 Å². The van der Waals surface area contributed by atoms with E-state index in [4.69, 9.17) is 0 Å². The Labute approximate surface area is 179 Å². The zero-order valence-corrected chi connectivity index (χ0v) is 17.9. The number of carbonyl (C=O) groups excluding carboxylic acids is 1. The monoisotopic (exact) mass is 399 g/mol. The second-order valence-electron chi connectivity index (χ2n) is 9.10. The summed E-state index contributed by atoms with van der Waals surface area (Å²) in [5, 5.41) is 12.5. The fourth-order valence-electron chi connectivity index (χ4n) is 4.53. The van der Waals surface area contributed by atoms with Crippen LogP contribution < -0.4 is 0 Å². The number of amides is 1. The molecular weight excluding hydrogens is 370 g/mol. The van der Waals surface area contributed by atoms with E-state index in [1.54, 1.807) is 0 Å². The number of aliphatic hydroxyl groups is 1. The van der Waals surface area contributed by atoms with Gasteiger partial charge in [0.15, 0.2) is 0 Å². The van der Waals surface area contributed by atoms with Crippen molar-refractivity contribution < 1.29 is 9.90 Å². The second kappa shape index (κ2) is 7.73. The molecule has 0 saturated heterocycles. The van der Waals surface area contributed by atoms with Gasteiger partial charge in [0, 0.05) is 12.0 Å². The number of nitrogens with zero attached hydrogens (tertiary/aromatic N) is 1. The first-order valence-electron chi connectivity index (χ1n) is 10.6. The second-order valence-corrected chi connectivity index (χ2v) is 9.10. The Hall–Kier alpha value is -2.91. The van der Waals surface area contributed by atoms with Crippen molar-refractivity contribution in [1.29, 1.82) is 0 Å². The van der Waals surface area contributed by atoms with Crippen LogP contribution in [0, 0.1) is 5.41 Å². The number of benzene rings is 3. The standard InChI is InChI=1S/C27H29NO2/c1-26(2,3)25(29)28-19-18-20-12-10-11-17-23(20)24(28)27(30,21-13-6-4-7-14-21)22-15-8-5-9-16-22/h4-17,24,30H,18-19H2,1-3H3. The molecule has 0 radical (unpaired) electrons. The van der Waals surface area contributed by atoms with Crippen molar-refractivity contribution in [1.82, 2.24) is 4.90 Å². The van der Waals surface area contributed by atoms with Crippen LogP contribution in [0.25, 0.3) is 0 Å². The van der Waals surface area contributed by atoms with Crippen molar-refractivity contribution >= 4 is 5.91 Å². The predicted molar refractivity (Wildman–Crippen MR) is 120 cm³/mol. The zero-order valence-electron chi connectivity index (χ0n) is 17.9. The molecule has 1 aliphatic heterocycles. The minimum absolute atomic E-state index is 0.0484. The maximum atomic E-state index is 13.6. The maximum Gasteiger partial charge on any atom is 0.228 e. The Morgan fingerprint density at radius 2 is 1.33 bits per heavy atom. The van der Waals surface area contributed by atoms with E-state index in [1.165, 1.54) is 5.56 Å². The van der Waals surface area contributed by atoms with Crippen LogP contribution in [0.15, 0.2) is 84.9 Å². The molecule has 1 heterocycles. The Kier molecular flexibility index (Phi) is 5.25. The van der Waals surface area contributed by atoms with Crippen LogP contribution in [-0.2, 0) is 16.8 Å². The van der Waals surface area contributed by atoms with Crippen molar-refractivity contribution in [3.63, 3.8) is 0 Å². The molecule has 154 valence electrons. The minimum atomic E-state index is -1.38. The number of hydrogen-bond acceptors (Lipinski definition) is 2. The van der Waals surface area contributed by atoms with E-state index in [2.05, 4.69) is 12.1 Å². The average Bonchev–Trinajstić information content (AvgIpc) is 2.78. The van der Waals surface area contributed by atoms with Crippen LogP contribution in [0.3, 0.4) is 0 Å². The third-order valence-corrected chi connectivity index (χ3v) is 6.01. The van der Waals surface area contributed by atoms with E-state index < -0.39 is 17.1 Å². The molecule has 1 atom stereocenters. The number of fused-ring (bicyclic) bond motifs is 1. The number of rotatable bonds is 3. The highest BCUT2D eigenvalue weighted by atomic mass is 16.3. The Morgan fingerprint density at radius 3 is 1.87 bits per heavy atom. The van der Waals surface area contributed by atoms with Crippen LogP contribution in [0.2, 0.25) is 0 Å². The maximum absolute atomic E-state index is 13.6. The molecule has 0 bridgehead atoms. The van der Waals surface area contributed by atoms with Crippen LogP contribution >= 0.6 is 0 Å². The summed E-state index contributed by atoms with van der Waals surface area (Å²) in [5.74, 6) is 0.0484. The average molecular weight is 400 g/mol. The van der Waals surface area contributed by atoms with Gasteiger partial charge in [0.2, 0.25) is 5.91 Å². The van der Waals surface area contributed by atoms with Gasteiger partial charge < -0.3 is 10.0 Å². The number of hydrogen-bond donors (Lipinski definition) is 1. The van der Waals surface area contributed by atoms with Gasteiger partial charge in [-0.2, -0.15) is 0 Å². The SMILES string of the molecule is CC(C)(C)C(=O)N1CCc2ccccc2C1C(O)(c1ccccc1)c1ccccc1. The molecule has 3 aromatic carbocycles. The Balaban J connectivity index is 2.00. The topological polar surface area (TPSA) is 40.5 Å². The lowest BCUT2D eigenvalue weighted by Crippen LogP contribution is -2.53. The van der Waals surface area contributed by atoms with Gasteiger partial charge in [-0.15, -0.1) is 0 Å². The minimum Gasteiger partial charge on any atom is -0.378 e. The van der Waals surface area contributed by atoms with Gasteiger partial charge in [0.25, 0.3) is 0 Å². The Bertz CT molecular complexity index is 982. The van der Waals surface area contributed by atoms with Crippen molar-refractivity contribution in [2.24, 2.45) is 5.41 Å². The van der Waals surface area contributed by atoms with E-state index in [0.29, 0.717) is 6.54 Å². The van der Waals surface area contributed by atoms with Crippen molar-refractivity contribution in [3.8, 4) is 0 Å². The third-order valence-electron chi connectivity index (χ3n) is 6.01. The van der Waals surface area contributed by atoms with Crippen molar-refractivity contribution in [2.75, 3.05) is 6.54 Å². The van der Waals surface area contributed by atoms with Gasteiger partial charge in [-0.25, -0.2) is 0 Å². The molecule has 1 N–H and O–H groups in total. The highest BCUT2D eigenvalue weighted by Crippen LogP contribution is 2.48. The lowest BCUT2D eigenvalue weighted by atomic mass is 9.73. The summed E-state index contributed by atoms with van der Waals surface area (Å²) in [5.41, 5.74) is 1.84. The summed E-state index contributed by atoms with van der Waals surface area (Å²) in [6.07, 6.45) is 0.786.